The number of hydrogen-bond donors (Lipinski definition) is 1. The minimum Gasteiger partial charge on any atom is -0.493 e. The Bertz CT molecular complexity index is 1550. The van der Waals surface area contributed by atoms with E-state index in [1.54, 1.807) is 19.4 Å². The third-order valence-corrected chi connectivity index (χ3v) is 5.83. The molecular formula is C31H25N3O3. The first-order valence-electron chi connectivity index (χ1n) is 11.8. The van der Waals surface area contributed by atoms with E-state index in [9.17, 15) is 4.79 Å². The van der Waals surface area contributed by atoms with Crippen molar-refractivity contribution in [2.45, 2.75) is 6.61 Å². The number of carbonyl (C=O) groups excluding carboxylic acids is 1. The van der Waals surface area contributed by atoms with Crippen LogP contribution in [-0.4, -0.2) is 24.2 Å². The van der Waals surface area contributed by atoms with Crippen LogP contribution in [0.2, 0.25) is 0 Å². The highest BCUT2D eigenvalue weighted by atomic mass is 16.5. The summed E-state index contributed by atoms with van der Waals surface area (Å²) in [6.45, 7) is 0.410. The maximum absolute atomic E-state index is 13.2. The average molecular weight is 488 g/mol. The predicted molar refractivity (Wildman–Crippen MR) is 146 cm³/mol. The molecule has 0 unspecified atom stereocenters. The van der Waals surface area contributed by atoms with Crippen molar-refractivity contribution in [2.75, 3.05) is 7.11 Å². The van der Waals surface area contributed by atoms with E-state index >= 15 is 0 Å². The van der Waals surface area contributed by atoms with Gasteiger partial charge in [-0.1, -0.05) is 78.9 Å². The highest BCUT2D eigenvalue weighted by Gasteiger charge is 2.13. The summed E-state index contributed by atoms with van der Waals surface area (Å²) in [4.78, 5) is 17.9. The van der Waals surface area contributed by atoms with Crippen molar-refractivity contribution in [3.63, 3.8) is 0 Å². The second-order valence-electron chi connectivity index (χ2n) is 8.32. The van der Waals surface area contributed by atoms with Crippen LogP contribution >= 0.6 is 0 Å². The van der Waals surface area contributed by atoms with Gasteiger partial charge < -0.3 is 9.47 Å². The van der Waals surface area contributed by atoms with Crippen LogP contribution in [0.15, 0.2) is 114 Å². The molecule has 0 atom stereocenters. The summed E-state index contributed by atoms with van der Waals surface area (Å²) in [6, 6.07) is 34.5. The summed E-state index contributed by atoms with van der Waals surface area (Å²) >= 11 is 0. The average Bonchev–Trinajstić information content (AvgIpc) is 2.96. The summed E-state index contributed by atoms with van der Waals surface area (Å²) in [5, 5.41) is 4.96. The molecule has 5 rings (SSSR count). The van der Waals surface area contributed by atoms with Crippen molar-refractivity contribution in [2.24, 2.45) is 5.10 Å². The molecule has 0 fully saturated rings. The fourth-order valence-corrected chi connectivity index (χ4v) is 3.97. The van der Waals surface area contributed by atoms with Crippen LogP contribution in [0.3, 0.4) is 0 Å². The van der Waals surface area contributed by atoms with Crippen molar-refractivity contribution in [1.29, 1.82) is 0 Å². The molecule has 182 valence electrons. The standard InChI is InChI=1S/C31H25N3O3/c1-36-29-17-16-23(18-30(29)37-21-22-10-4-2-5-11-22)20-32-34-31(35)26-19-28(24-12-6-3-7-13-24)33-27-15-9-8-14-25(26)27/h2-20H,21H2,1H3,(H,34,35)/b32-20-. The van der Waals surface area contributed by atoms with Crippen LogP contribution in [0.5, 0.6) is 11.5 Å². The molecule has 0 bridgehead atoms. The largest absolute Gasteiger partial charge is 0.493 e. The smallest absolute Gasteiger partial charge is 0.272 e. The van der Waals surface area contributed by atoms with E-state index in [0.29, 0.717) is 23.7 Å². The fraction of sp³-hybridized carbons (Fsp3) is 0.0645. The monoisotopic (exact) mass is 487 g/mol. The molecule has 0 aliphatic carbocycles. The maximum atomic E-state index is 13.2. The minimum atomic E-state index is -0.318. The molecule has 0 spiro atoms. The number of hydrazone groups is 1. The summed E-state index contributed by atoms with van der Waals surface area (Å²) < 4.78 is 11.4. The van der Waals surface area contributed by atoms with Gasteiger partial charge in [0, 0.05) is 10.9 Å². The lowest BCUT2D eigenvalue weighted by atomic mass is 10.0. The van der Waals surface area contributed by atoms with Crippen LogP contribution in [-0.2, 0) is 6.61 Å². The van der Waals surface area contributed by atoms with E-state index in [2.05, 4.69) is 10.5 Å². The van der Waals surface area contributed by atoms with E-state index in [4.69, 9.17) is 14.5 Å². The van der Waals surface area contributed by atoms with Crippen molar-refractivity contribution in [3.05, 3.63) is 126 Å². The first-order chi connectivity index (χ1) is 18.2. The molecule has 5 aromatic rings. The summed E-state index contributed by atoms with van der Waals surface area (Å²) in [7, 11) is 1.60. The molecule has 1 amide bonds. The first-order valence-corrected chi connectivity index (χ1v) is 11.8. The molecule has 1 N–H and O–H groups in total. The third-order valence-electron chi connectivity index (χ3n) is 5.83. The number of nitrogens with one attached hydrogen (secondary N) is 1. The van der Waals surface area contributed by atoms with Gasteiger partial charge in [-0.25, -0.2) is 10.4 Å². The van der Waals surface area contributed by atoms with Gasteiger partial charge in [-0.3, -0.25) is 4.79 Å². The Hall–Kier alpha value is -4.97. The number of fused-ring (bicyclic) bond motifs is 1. The Morgan fingerprint density at radius 2 is 1.59 bits per heavy atom. The van der Waals surface area contributed by atoms with Crippen molar-refractivity contribution in [3.8, 4) is 22.8 Å². The Morgan fingerprint density at radius 1 is 0.865 bits per heavy atom. The number of benzene rings is 4. The zero-order valence-corrected chi connectivity index (χ0v) is 20.3. The van der Waals surface area contributed by atoms with Crippen LogP contribution in [0.4, 0.5) is 0 Å². The number of pyridine rings is 1. The topological polar surface area (TPSA) is 72.8 Å². The number of amides is 1. The van der Waals surface area contributed by atoms with E-state index in [1.165, 1.54) is 0 Å². The summed E-state index contributed by atoms with van der Waals surface area (Å²) in [5.41, 5.74) is 7.37. The normalized spacial score (nSPS) is 10.9. The Labute approximate surface area is 215 Å². The van der Waals surface area contributed by atoms with E-state index in [1.807, 2.05) is 103 Å². The van der Waals surface area contributed by atoms with Gasteiger partial charge in [0.2, 0.25) is 0 Å². The molecule has 0 saturated heterocycles. The van der Waals surface area contributed by atoms with Gasteiger partial charge in [0.1, 0.15) is 6.61 Å². The second-order valence-corrected chi connectivity index (χ2v) is 8.32. The van der Waals surface area contributed by atoms with Crippen molar-refractivity contribution >= 4 is 23.0 Å². The van der Waals surface area contributed by atoms with Gasteiger partial charge in [-0.2, -0.15) is 5.10 Å². The number of methoxy groups -OCH3 is 1. The molecule has 6 nitrogen and oxygen atoms in total. The minimum absolute atomic E-state index is 0.318. The van der Waals surface area contributed by atoms with Crippen LogP contribution in [0.25, 0.3) is 22.2 Å². The molecule has 0 aliphatic heterocycles. The van der Waals surface area contributed by atoms with Gasteiger partial charge in [0.15, 0.2) is 11.5 Å². The van der Waals surface area contributed by atoms with Gasteiger partial charge >= 0.3 is 0 Å². The van der Waals surface area contributed by atoms with Gasteiger partial charge in [-0.15, -0.1) is 0 Å². The Balaban J connectivity index is 1.35. The van der Waals surface area contributed by atoms with Gasteiger partial charge in [0.05, 0.1) is 30.1 Å². The van der Waals surface area contributed by atoms with E-state index in [0.717, 1.165) is 33.3 Å². The Morgan fingerprint density at radius 3 is 2.38 bits per heavy atom. The third kappa shape index (κ3) is 5.65. The summed E-state index contributed by atoms with van der Waals surface area (Å²) in [6.07, 6.45) is 1.58. The highest BCUT2D eigenvalue weighted by molar-refractivity contribution is 6.07. The molecule has 0 radical (unpaired) electrons. The molecule has 0 saturated carbocycles. The molecule has 6 heteroatoms. The first kappa shape index (κ1) is 23.8. The van der Waals surface area contributed by atoms with Crippen LogP contribution in [0.1, 0.15) is 21.5 Å². The number of para-hydroxylation sites is 1. The second kappa shape index (κ2) is 11.2. The SMILES string of the molecule is COc1ccc(/C=N\NC(=O)c2cc(-c3ccccc3)nc3ccccc23)cc1OCc1ccccc1. The maximum Gasteiger partial charge on any atom is 0.272 e. The zero-order valence-electron chi connectivity index (χ0n) is 20.3. The molecule has 1 heterocycles. The molecule has 1 aromatic heterocycles. The van der Waals surface area contributed by atoms with Crippen LogP contribution < -0.4 is 14.9 Å². The summed E-state index contributed by atoms with van der Waals surface area (Å²) in [5.74, 6) is 0.893. The zero-order chi connectivity index (χ0) is 25.5. The lowest BCUT2D eigenvalue weighted by Gasteiger charge is -2.11. The molecule has 37 heavy (non-hydrogen) atoms. The van der Waals surface area contributed by atoms with Crippen molar-refractivity contribution in [1.82, 2.24) is 10.4 Å². The highest BCUT2D eigenvalue weighted by Crippen LogP contribution is 2.28. The molecular weight excluding hydrogens is 462 g/mol. The Kier molecular flexibility index (Phi) is 7.18. The molecule has 0 aliphatic rings. The lowest BCUT2D eigenvalue weighted by Crippen LogP contribution is -2.18. The van der Waals surface area contributed by atoms with Crippen molar-refractivity contribution < 1.29 is 14.3 Å². The van der Waals surface area contributed by atoms with E-state index in [-0.39, 0.29) is 5.91 Å². The molecule has 4 aromatic carbocycles. The number of hydrogen-bond acceptors (Lipinski definition) is 5. The number of aromatic nitrogens is 1. The fourth-order valence-electron chi connectivity index (χ4n) is 3.97. The lowest BCUT2D eigenvalue weighted by molar-refractivity contribution is 0.0956. The van der Waals surface area contributed by atoms with Gasteiger partial charge in [-0.05, 0) is 41.5 Å². The predicted octanol–water partition coefficient (Wildman–Crippen LogP) is 6.25. The van der Waals surface area contributed by atoms with Gasteiger partial charge in [0.25, 0.3) is 5.91 Å². The quantitative estimate of drug-likeness (QED) is 0.207. The number of carbonyl (C=O) groups is 1. The van der Waals surface area contributed by atoms with Crippen LogP contribution in [0, 0.1) is 0 Å². The number of nitrogens with zero attached hydrogens (tertiary/aromatic N) is 2. The van der Waals surface area contributed by atoms with E-state index < -0.39 is 0 Å². The number of rotatable bonds is 8. The number of ether oxygens (including phenoxy) is 2.